The van der Waals surface area contributed by atoms with Crippen molar-refractivity contribution in [1.82, 2.24) is 0 Å². The van der Waals surface area contributed by atoms with E-state index < -0.39 is 23.3 Å². The summed E-state index contributed by atoms with van der Waals surface area (Å²) >= 11 is 0. The van der Waals surface area contributed by atoms with Crippen LogP contribution in [0.2, 0.25) is 0 Å². The number of methoxy groups -OCH3 is 2. The van der Waals surface area contributed by atoms with Gasteiger partial charge in [-0.3, -0.25) is 9.59 Å². The van der Waals surface area contributed by atoms with Crippen molar-refractivity contribution in [2.75, 3.05) is 14.2 Å². The average Bonchev–Trinajstić information content (AvgIpc) is 2.35. The van der Waals surface area contributed by atoms with E-state index in [0.717, 1.165) is 0 Å². The molecule has 1 unspecified atom stereocenters. The summed E-state index contributed by atoms with van der Waals surface area (Å²) in [7, 11) is 2.36. The number of carbonyl (C=O) groups is 2. The summed E-state index contributed by atoms with van der Waals surface area (Å²) < 4.78 is 9.37. The molecule has 0 N–H and O–H groups in total. The smallest absolute Gasteiger partial charge is 0.324 e. The monoisotopic (exact) mass is 253 g/mol. The van der Waals surface area contributed by atoms with E-state index in [-0.39, 0.29) is 12.3 Å². The molecule has 1 atom stereocenters. The molecule has 18 heavy (non-hydrogen) atoms. The highest BCUT2D eigenvalue weighted by molar-refractivity contribution is 6.01. The fourth-order valence-corrected chi connectivity index (χ4v) is 2.05. The summed E-state index contributed by atoms with van der Waals surface area (Å²) in [5, 5.41) is 9.25. The Hall–Kier alpha value is -1.83. The van der Waals surface area contributed by atoms with Crippen LogP contribution in [0.15, 0.2) is 12.7 Å². The molecule has 0 aromatic heterocycles. The van der Waals surface area contributed by atoms with Crippen molar-refractivity contribution in [1.29, 1.82) is 5.26 Å². The molecule has 0 aromatic carbocycles. The van der Waals surface area contributed by atoms with E-state index in [4.69, 9.17) is 0 Å². The van der Waals surface area contributed by atoms with Gasteiger partial charge in [0.05, 0.1) is 26.2 Å². The first-order valence-corrected chi connectivity index (χ1v) is 5.59. The molecule has 0 amide bonds. The standard InChI is InChI=1S/C13H19NO4/c1-6-7-13(11(15)17-4,12(16)18-5)10(8-14)9(2)3/h6,9-10H,1,7H2,2-5H3. The van der Waals surface area contributed by atoms with E-state index in [9.17, 15) is 14.9 Å². The second kappa shape index (κ2) is 6.80. The molecule has 0 aliphatic carbocycles. The van der Waals surface area contributed by atoms with Gasteiger partial charge >= 0.3 is 11.9 Å². The summed E-state index contributed by atoms with van der Waals surface area (Å²) in [5.74, 6) is -2.58. The third-order valence-electron chi connectivity index (χ3n) is 2.90. The van der Waals surface area contributed by atoms with Gasteiger partial charge in [-0.05, 0) is 12.3 Å². The molecule has 0 aliphatic heterocycles. The lowest BCUT2D eigenvalue weighted by atomic mass is 9.68. The summed E-state index contributed by atoms with van der Waals surface area (Å²) in [6, 6.07) is 2.01. The molecular weight excluding hydrogens is 234 g/mol. The Balaban J connectivity index is 5.89. The number of carbonyl (C=O) groups excluding carboxylic acids is 2. The Morgan fingerprint density at radius 3 is 2.00 bits per heavy atom. The topological polar surface area (TPSA) is 76.4 Å². The van der Waals surface area contributed by atoms with Crippen molar-refractivity contribution >= 4 is 11.9 Å². The number of allylic oxidation sites excluding steroid dienone is 1. The molecule has 100 valence electrons. The minimum atomic E-state index is -1.64. The molecule has 5 heteroatoms. The molecule has 0 aliphatic rings. The third kappa shape index (κ3) is 2.70. The van der Waals surface area contributed by atoms with Crippen LogP contribution in [0, 0.1) is 28.6 Å². The van der Waals surface area contributed by atoms with Crippen molar-refractivity contribution in [3.63, 3.8) is 0 Å². The van der Waals surface area contributed by atoms with Gasteiger partial charge in [0.25, 0.3) is 0 Å². The van der Waals surface area contributed by atoms with E-state index in [0.29, 0.717) is 0 Å². The molecule has 0 aromatic rings. The van der Waals surface area contributed by atoms with Crippen molar-refractivity contribution in [3.8, 4) is 6.07 Å². The van der Waals surface area contributed by atoms with Gasteiger partial charge < -0.3 is 9.47 Å². The van der Waals surface area contributed by atoms with Crippen LogP contribution in [0.4, 0.5) is 0 Å². The minimum absolute atomic E-state index is 0.00273. The van der Waals surface area contributed by atoms with Crippen LogP contribution >= 0.6 is 0 Å². The summed E-state index contributed by atoms with van der Waals surface area (Å²) in [5.41, 5.74) is -1.64. The van der Waals surface area contributed by atoms with Crippen LogP contribution in [0.25, 0.3) is 0 Å². The van der Waals surface area contributed by atoms with E-state index in [1.807, 2.05) is 6.07 Å². The molecular formula is C13H19NO4. The quantitative estimate of drug-likeness (QED) is 0.409. The van der Waals surface area contributed by atoms with Crippen molar-refractivity contribution in [2.24, 2.45) is 17.3 Å². The number of nitrogens with zero attached hydrogens (tertiary/aromatic N) is 1. The number of ether oxygens (including phenoxy) is 2. The molecule has 5 nitrogen and oxygen atoms in total. The van der Waals surface area contributed by atoms with Gasteiger partial charge in [-0.2, -0.15) is 5.26 Å². The Morgan fingerprint density at radius 2 is 1.78 bits per heavy atom. The molecule has 0 heterocycles. The normalized spacial score (nSPS) is 12.4. The first-order chi connectivity index (χ1) is 8.42. The average molecular weight is 253 g/mol. The Bertz CT molecular complexity index is 352. The fourth-order valence-electron chi connectivity index (χ4n) is 2.05. The Labute approximate surface area is 107 Å². The molecule has 0 radical (unpaired) electrons. The van der Waals surface area contributed by atoms with Crippen LogP contribution < -0.4 is 0 Å². The maximum atomic E-state index is 12.0. The highest BCUT2D eigenvalue weighted by Gasteiger charge is 2.55. The number of hydrogen-bond acceptors (Lipinski definition) is 5. The van der Waals surface area contributed by atoms with Crippen LogP contribution in [-0.4, -0.2) is 26.2 Å². The van der Waals surface area contributed by atoms with Crippen molar-refractivity contribution < 1.29 is 19.1 Å². The number of hydrogen-bond donors (Lipinski definition) is 0. The lowest BCUT2D eigenvalue weighted by Gasteiger charge is -2.33. The van der Waals surface area contributed by atoms with Gasteiger partial charge in [0.15, 0.2) is 5.41 Å². The van der Waals surface area contributed by atoms with Gasteiger partial charge in [-0.1, -0.05) is 19.9 Å². The number of esters is 2. The van der Waals surface area contributed by atoms with E-state index >= 15 is 0 Å². The van der Waals surface area contributed by atoms with Crippen LogP contribution in [0.3, 0.4) is 0 Å². The summed E-state index contributed by atoms with van der Waals surface area (Å²) in [4.78, 5) is 24.0. The zero-order chi connectivity index (χ0) is 14.3. The molecule has 0 spiro atoms. The molecule has 0 fully saturated rings. The number of rotatable bonds is 6. The molecule has 0 saturated heterocycles. The summed E-state index contributed by atoms with van der Waals surface area (Å²) in [6.07, 6.45) is 1.42. The second-order valence-corrected chi connectivity index (χ2v) is 4.30. The zero-order valence-electron chi connectivity index (χ0n) is 11.2. The SMILES string of the molecule is C=CCC(C(=O)OC)(C(=O)OC)C(C#N)C(C)C. The maximum Gasteiger partial charge on any atom is 0.324 e. The fraction of sp³-hybridized carbons (Fsp3) is 0.615. The largest absolute Gasteiger partial charge is 0.468 e. The highest BCUT2D eigenvalue weighted by Crippen LogP contribution is 2.39. The lowest BCUT2D eigenvalue weighted by Crippen LogP contribution is -2.48. The summed E-state index contributed by atoms with van der Waals surface area (Å²) in [6.45, 7) is 7.05. The van der Waals surface area contributed by atoms with E-state index in [1.54, 1.807) is 13.8 Å². The van der Waals surface area contributed by atoms with Gasteiger partial charge in [-0.15, -0.1) is 6.58 Å². The number of nitriles is 1. The first-order valence-electron chi connectivity index (χ1n) is 5.59. The lowest BCUT2D eigenvalue weighted by molar-refractivity contribution is -0.173. The predicted octanol–water partition coefficient (Wildman–Crippen LogP) is 1.69. The van der Waals surface area contributed by atoms with Crippen LogP contribution in [0.1, 0.15) is 20.3 Å². The molecule has 0 rings (SSSR count). The second-order valence-electron chi connectivity index (χ2n) is 4.30. The minimum Gasteiger partial charge on any atom is -0.468 e. The van der Waals surface area contributed by atoms with Crippen LogP contribution in [-0.2, 0) is 19.1 Å². The van der Waals surface area contributed by atoms with Gasteiger partial charge in [0.1, 0.15) is 0 Å². The molecule has 0 bridgehead atoms. The highest BCUT2D eigenvalue weighted by atomic mass is 16.5. The molecule has 0 saturated carbocycles. The third-order valence-corrected chi connectivity index (χ3v) is 2.90. The Kier molecular flexibility index (Phi) is 6.11. The van der Waals surface area contributed by atoms with Gasteiger partial charge in [0, 0.05) is 0 Å². The Morgan fingerprint density at radius 1 is 1.33 bits per heavy atom. The van der Waals surface area contributed by atoms with Crippen molar-refractivity contribution in [3.05, 3.63) is 12.7 Å². The van der Waals surface area contributed by atoms with Gasteiger partial charge in [-0.25, -0.2) is 0 Å². The van der Waals surface area contributed by atoms with Gasteiger partial charge in [0.2, 0.25) is 0 Å². The maximum absolute atomic E-state index is 12.0. The van der Waals surface area contributed by atoms with Crippen LogP contribution in [0.5, 0.6) is 0 Å². The van der Waals surface area contributed by atoms with E-state index in [1.165, 1.54) is 20.3 Å². The zero-order valence-corrected chi connectivity index (χ0v) is 11.2. The predicted molar refractivity (Wildman–Crippen MR) is 65.2 cm³/mol. The van der Waals surface area contributed by atoms with Crippen molar-refractivity contribution in [2.45, 2.75) is 20.3 Å². The first kappa shape index (κ1) is 16.2. The van der Waals surface area contributed by atoms with E-state index in [2.05, 4.69) is 16.1 Å².